The molecule has 0 aromatic heterocycles. The van der Waals surface area contributed by atoms with Crippen molar-refractivity contribution in [2.75, 3.05) is 23.8 Å². The Hall–Kier alpha value is -3.13. The average Bonchev–Trinajstić information content (AvgIpc) is 2.58. The highest BCUT2D eigenvalue weighted by Gasteiger charge is 2.14. The van der Waals surface area contributed by atoms with Crippen molar-refractivity contribution in [2.24, 2.45) is 0 Å². The minimum atomic E-state index is -0.501. The van der Waals surface area contributed by atoms with Crippen molar-refractivity contribution in [3.63, 3.8) is 0 Å². The van der Waals surface area contributed by atoms with E-state index in [4.69, 9.17) is 9.84 Å². The van der Waals surface area contributed by atoms with Crippen LogP contribution in [-0.4, -0.2) is 29.1 Å². The van der Waals surface area contributed by atoms with Gasteiger partial charge in [-0.15, -0.1) is 0 Å². The Morgan fingerprint density at radius 1 is 1.28 bits per heavy atom. The van der Waals surface area contributed by atoms with E-state index in [2.05, 4.69) is 10.6 Å². The molecule has 8 heteroatoms. The number of rotatable bonds is 8. The highest BCUT2D eigenvalue weighted by Crippen LogP contribution is 2.25. The molecule has 2 rings (SSSR count). The predicted octanol–water partition coefficient (Wildman–Crippen LogP) is 2.54. The summed E-state index contributed by atoms with van der Waals surface area (Å²) in [4.78, 5) is 21.6. The molecule has 25 heavy (non-hydrogen) atoms. The Bertz CT molecular complexity index is 764. The summed E-state index contributed by atoms with van der Waals surface area (Å²) < 4.78 is 5.57. The normalized spacial score (nSPS) is 10.2. The lowest BCUT2D eigenvalue weighted by atomic mass is 10.2. The van der Waals surface area contributed by atoms with Crippen LogP contribution >= 0.6 is 0 Å². The van der Waals surface area contributed by atoms with Gasteiger partial charge < -0.3 is 20.5 Å². The molecule has 0 heterocycles. The fraction of sp³-hybridized carbons (Fsp3) is 0.235. The lowest BCUT2D eigenvalue weighted by Gasteiger charge is -2.10. The SMILES string of the molecule is CC(=O)Nc1cccc(OCCNc2ccc(CO)cc2[N+](=O)[O-])c1. The Morgan fingerprint density at radius 2 is 2.08 bits per heavy atom. The Morgan fingerprint density at radius 3 is 2.76 bits per heavy atom. The maximum atomic E-state index is 11.1. The highest BCUT2D eigenvalue weighted by atomic mass is 16.6. The van der Waals surface area contributed by atoms with Gasteiger partial charge in [0.05, 0.1) is 11.5 Å². The molecule has 2 aromatic rings. The second-order valence-electron chi connectivity index (χ2n) is 5.25. The molecule has 0 spiro atoms. The van der Waals surface area contributed by atoms with Gasteiger partial charge in [0.25, 0.3) is 5.69 Å². The van der Waals surface area contributed by atoms with Crippen molar-refractivity contribution in [2.45, 2.75) is 13.5 Å². The van der Waals surface area contributed by atoms with Crippen molar-refractivity contribution in [3.8, 4) is 5.75 Å². The molecule has 0 saturated carbocycles. The molecule has 1 amide bonds. The third-order valence-electron chi connectivity index (χ3n) is 3.28. The van der Waals surface area contributed by atoms with Gasteiger partial charge in [-0.2, -0.15) is 0 Å². The van der Waals surface area contributed by atoms with Crippen molar-refractivity contribution in [1.82, 2.24) is 0 Å². The summed E-state index contributed by atoms with van der Waals surface area (Å²) in [6, 6.07) is 11.5. The maximum Gasteiger partial charge on any atom is 0.292 e. The number of nitrogens with zero attached hydrogens (tertiary/aromatic N) is 1. The van der Waals surface area contributed by atoms with Gasteiger partial charge in [0, 0.05) is 31.3 Å². The first-order chi connectivity index (χ1) is 12.0. The minimum Gasteiger partial charge on any atom is -0.492 e. The van der Waals surface area contributed by atoms with Crippen molar-refractivity contribution < 1.29 is 19.6 Å². The van der Waals surface area contributed by atoms with Gasteiger partial charge >= 0.3 is 0 Å². The molecule has 0 aliphatic heterocycles. The number of hydrogen-bond donors (Lipinski definition) is 3. The van der Waals surface area contributed by atoms with Crippen LogP contribution in [0.15, 0.2) is 42.5 Å². The zero-order valence-electron chi connectivity index (χ0n) is 13.7. The van der Waals surface area contributed by atoms with E-state index in [-0.39, 0.29) is 24.8 Å². The first-order valence-electron chi connectivity index (χ1n) is 7.62. The topological polar surface area (TPSA) is 114 Å². The summed E-state index contributed by atoms with van der Waals surface area (Å²) in [5, 5.41) is 25.8. The van der Waals surface area contributed by atoms with Crippen LogP contribution in [0.4, 0.5) is 17.1 Å². The largest absolute Gasteiger partial charge is 0.492 e. The van der Waals surface area contributed by atoms with Gasteiger partial charge in [-0.25, -0.2) is 0 Å². The van der Waals surface area contributed by atoms with Gasteiger partial charge in [0.15, 0.2) is 0 Å². The molecule has 0 fully saturated rings. The van der Waals surface area contributed by atoms with Crippen molar-refractivity contribution >= 4 is 23.0 Å². The van der Waals surface area contributed by atoms with E-state index in [0.717, 1.165) is 0 Å². The van der Waals surface area contributed by atoms with E-state index in [1.54, 1.807) is 36.4 Å². The number of benzene rings is 2. The Labute approximate surface area is 144 Å². The third kappa shape index (κ3) is 5.47. The van der Waals surface area contributed by atoms with E-state index in [1.807, 2.05) is 0 Å². The smallest absolute Gasteiger partial charge is 0.292 e. The van der Waals surface area contributed by atoms with Crippen LogP contribution in [0.5, 0.6) is 5.75 Å². The molecule has 0 aliphatic rings. The number of amides is 1. The van der Waals surface area contributed by atoms with Crippen LogP contribution in [0.1, 0.15) is 12.5 Å². The first-order valence-corrected chi connectivity index (χ1v) is 7.62. The quantitative estimate of drug-likeness (QED) is 0.385. The summed E-state index contributed by atoms with van der Waals surface area (Å²) in [5.41, 5.74) is 1.37. The highest BCUT2D eigenvalue weighted by molar-refractivity contribution is 5.88. The zero-order chi connectivity index (χ0) is 18.2. The summed E-state index contributed by atoms with van der Waals surface area (Å²) in [7, 11) is 0. The van der Waals surface area contributed by atoms with E-state index in [0.29, 0.717) is 29.2 Å². The van der Waals surface area contributed by atoms with Crippen molar-refractivity contribution in [3.05, 3.63) is 58.1 Å². The number of nitro groups is 1. The third-order valence-corrected chi connectivity index (χ3v) is 3.28. The number of aliphatic hydroxyl groups excluding tert-OH is 1. The number of hydrogen-bond acceptors (Lipinski definition) is 6. The second kappa shape index (κ2) is 8.65. The molecule has 0 saturated heterocycles. The molecule has 0 aliphatic carbocycles. The van der Waals surface area contributed by atoms with Crippen LogP contribution in [0.3, 0.4) is 0 Å². The molecule has 2 aromatic carbocycles. The number of nitrogens with one attached hydrogen (secondary N) is 2. The predicted molar refractivity (Wildman–Crippen MR) is 93.7 cm³/mol. The van der Waals surface area contributed by atoms with E-state index < -0.39 is 4.92 Å². The monoisotopic (exact) mass is 345 g/mol. The van der Waals surface area contributed by atoms with E-state index >= 15 is 0 Å². The number of carbonyl (C=O) groups is 1. The fourth-order valence-electron chi connectivity index (χ4n) is 2.20. The average molecular weight is 345 g/mol. The van der Waals surface area contributed by atoms with E-state index in [9.17, 15) is 14.9 Å². The second-order valence-corrected chi connectivity index (χ2v) is 5.25. The van der Waals surface area contributed by atoms with Gasteiger partial charge in [0.2, 0.25) is 5.91 Å². The number of anilines is 2. The summed E-state index contributed by atoms with van der Waals surface area (Å²) in [6.45, 7) is 1.80. The molecule has 8 nitrogen and oxygen atoms in total. The lowest BCUT2D eigenvalue weighted by Crippen LogP contribution is -2.13. The molecule has 132 valence electrons. The van der Waals surface area contributed by atoms with Gasteiger partial charge in [-0.3, -0.25) is 14.9 Å². The van der Waals surface area contributed by atoms with Crippen LogP contribution in [0.25, 0.3) is 0 Å². The van der Waals surface area contributed by atoms with Crippen LogP contribution in [0.2, 0.25) is 0 Å². The molecule has 0 bridgehead atoms. The van der Waals surface area contributed by atoms with Crippen LogP contribution < -0.4 is 15.4 Å². The van der Waals surface area contributed by atoms with Gasteiger partial charge in [-0.1, -0.05) is 12.1 Å². The summed E-state index contributed by atoms with van der Waals surface area (Å²) in [5.74, 6) is 0.413. The standard InChI is InChI=1S/C17H19N3O5/c1-12(22)19-14-3-2-4-15(10-14)25-8-7-18-16-6-5-13(11-21)9-17(16)20(23)24/h2-6,9-10,18,21H,7-8,11H2,1H3,(H,19,22). The van der Waals surface area contributed by atoms with Gasteiger partial charge in [0.1, 0.15) is 18.0 Å². The minimum absolute atomic E-state index is 0.0980. The number of carbonyl (C=O) groups excluding carboxylic acids is 1. The molecular weight excluding hydrogens is 326 g/mol. The number of ether oxygens (including phenoxy) is 1. The van der Waals surface area contributed by atoms with Crippen LogP contribution in [0, 0.1) is 10.1 Å². The maximum absolute atomic E-state index is 11.1. The van der Waals surface area contributed by atoms with Crippen LogP contribution in [-0.2, 0) is 11.4 Å². The molecule has 0 radical (unpaired) electrons. The Kier molecular flexibility index (Phi) is 6.30. The van der Waals surface area contributed by atoms with Crippen molar-refractivity contribution in [1.29, 1.82) is 0 Å². The first kappa shape index (κ1) is 18.2. The molecule has 0 unspecified atom stereocenters. The molecule has 0 atom stereocenters. The number of aliphatic hydroxyl groups is 1. The molecule has 3 N–H and O–H groups in total. The summed E-state index contributed by atoms with van der Waals surface area (Å²) in [6.07, 6.45) is 0. The lowest BCUT2D eigenvalue weighted by molar-refractivity contribution is -0.384. The fourth-order valence-corrected chi connectivity index (χ4v) is 2.20. The number of nitro benzene ring substituents is 1. The van der Waals surface area contributed by atoms with E-state index in [1.165, 1.54) is 13.0 Å². The summed E-state index contributed by atoms with van der Waals surface area (Å²) >= 11 is 0. The van der Waals surface area contributed by atoms with Gasteiger partial charge in [-0.05, 0) is 23.8 Å². The Balaban J connectivity index is 1.91. The zero-order valence-corrected chi connectivity index (χ0v) is 13.7. The molecular formula is C17H19N3O5.